The summed E-state index contributed by atoms with van der Waals surface area (Å²) in [5, 5.41) is 8.08. The lowest BCUT2D eigenvalue weighted by Gasteiger charge is -2.27. The van der Waals surface area contributed by atoms with Gasteiger partial charge < -0.3 is 15.1 Å². The normalized spacial score (nSPS) is 20.9. The summed E-state index contributed by atoms with van der Waals surface area (Å²) in [6.07, 6.45) is 6.36. The maximum Gasteiger partial charge on any atom is 0.248 e. The van der Waals surface area contributed by atoms with Gasteiger partial charge >= 0.3 is 0 Å². The molecule has 2 fully saturated rings. The van der Waals surface area contributed by atoms with Crippen LogP contribution in [0.2, 0.25) is 0 Å². The average Bonchev–Trinajstić information content (AvgIpc) is 3.35. The fourth-order valence-electron chi connectivity index (χ4n) is 6.25. The number of carbonyl (C=O) groups excluding carboxylic acids is 3. The molecular weight excluding hydrogens is 614 g/mol. The summed E-state index contributed by atoms with van der Waals surface area (Å²) < 4.78 is 2.12. The van der Waals surface area contributed by atoms with Crippen molar-refractivity contribution in [1.29, 1.82) is 0 Å². The van der Waals surface area contributed by atoms with Gasteiger partial charge in [-0.1, -0.05) is 6.07 Å². The van der Waals surface area contributed by atoms with Crippen LogP contribution in [0.4, 0.5) is 5.82 Å². The number of piperidine rings is 1. The molecule has 222 valence electrons. The summed E-state index contributed by atoms with van der Waals surface area (Å²) in [5.41, 5.74) is 2.78. The van der Waals surface area contributed by atoms with Crippen molar-refractivity contribution in [3.05, 3.63) is 58.5 Å². The highest BCUT2D eigenvalue weighted by atomic mass is 79.9. The second-order valence-electron chi connectivity index (χ2n) is 11.8. The second-order valence-corrected chi connectivity index (χ2v) is 12.6. The molecule has 43 heavy (non-hydrogen) atoms. The first-order valence-electron chi connectivity index (χ1n) is 14.0. The number of fused-ring (bicyclic) bond motifs is 2. The van der Waals surface area contributed by atoms with Gasteiger partial charge in [0.05, 0.1) is 17.4 Å². The van der Waals surface area contributed by atoms with Gasteiger partial charge in [0.25, 0.3) is 0 Å². The summed E-state index contributed by atoms with van der Waals surface area (Å²) in [6.45, 7) is 5.76. The molecule has 0 aromatic carbocycles. The largest absolute Gasteiger partial charge is 0.325 e. The third kappa shape index (κ3) is 5.42. The van der Waals surface area contributed by atoms with Crippen LogP contribution in [0.3, 0.4) is 0 Å². The molecule has 0 bridgehead atoms. The Morgan fingerprint density at radius 2 is 1.84 bits per heavy atom. The minimum Gasteiger partial charge on any atom is -0.325 e. The highest BCUT2D eigenvalue weighted by Crippen LogP contribution is 2.60. The number of carbonyl (C=O) groups is 3. The maximum atomic E-state index is 14.0. The number of Topliss-reactive ketones (excluding diaryl/α,β-unsaturated/α-hetero) is 1. The molecule has 1 saturated heterocycles. The number of aromatic nitrogens is 6. The fourth-order valence-corrected chi connectivity index (χ4v) is 6.56. The molecule has 2 amide bonds. The quantitative estimate of drug-likeness (QED) is 0.225. The van der Waals surface area contributed by atoms with Gasteiger partial charge in [-0.3, -0.25) is 24.0 Å². The molecular formula is C30H32BrN9O3. The smallest absolute Gasteiger partial charge is 0.248 e. The summed E-state index contributed by atoms with van der Waals surface area (Å²) in [4.78, 5) is 61.6. The fraction of sp³-hybridized carbons (Fsp3) is 0.400. The molecule has 5 heterocycles. The number of hydrogen-bond donors (Lipinski definition) is 1. The third-order valence-corrected chi connectivity index (χ3v) is 8.72. The minimum atomic E-state index is -0.660. The number of halogens is 1. The predicted octanol–water partition coefficient (Wildman–Crippen LogP) is 3.43. The number of rotatable bonds is 8. The number of hydrogen-bond acceptors (Lipinski definition) is 9. The number of amides is 2. The van der Waals surface area contributed by atoms with Crippen LogP contribution in [0.1, 0.15) is 41.6 Å². The van der Waals surface area contributed by atoms with Gasteiger partial charge in [0.2, 0.25) is 11.8 Å². The van der Waals surface area contributed by atoms with Crippen molar-refractivity contribution in [1.82, 2.24) is 39.5 Å². The molecule has 4 aromatic rings. The van der Waals surface area contributed by atoms with Crippen LogP contribution in [-0.4, -0.2) is 89.8 Å². The van der Waals surface area contributed by atoms with Gasteiger partial charge in [-0.2, -0.15) is 5.10 Å². The van der Waals surface area contributed by atoms with Crippen LogP contribution in [0.15, 0.2) is 41.4 Å². The van der Waals surface area contributed by atoms with Crippen LogP contribution < -0.4 is 5.32 Å². The third-order valence-electron chi connectivity index (χ3n) is 8.28. The van der Waals surface area contributed by atoms with Crippen molar-refractivity contribution in [2.24, 2.45) is 5.41 Å². The summed E-state index contributed by atoms with van der Waals surface area (Å²) in [5.74, 6) is 0.365. The number of likely N-dealkylation sites (tertiary alicyclic amines) is 1. The first kappa shape index (κ1) is 29.0. The molecule has 1 aliphatic carbocycles. The van der Waals surface area contributed by atoms with Crippen LogP contribution >= 0.6 is 15.9 Å². The van der Waals surface area contributed by atoms with E-state index in [-0.39, 0.29) is 41.3 Å². The lowest BCUT2D eigenvalue weighted by Crippen LogP contribution is -2.47. The van der Waals surface area contributed by atoms with Crippen LogP contribution in [0.5, 0.6) is 0 Å². The predicted molar refractivity (Wildman–Crippen MR) is 163 cm³/mol. The van der Waals surface area contributed by atoms with E-state index in [2.05, 4.69) is 51.2 Å². The minimum absolute atomic E-state index is 0.0601. The van der Waals surface area contributed by atoms with Gasteiger partial charge in [0, 0.05) is 48.3 Å². The molecule has 0 radical (unpaired) electrons. The Hall–Kier alpha value is -4.10. The Labute approximate surface area is 257 Å². The molecule has 12 nitrogen and oxygen atoms in total. The Balaban J connectivity index is 1.31. The molecule has 3 atom stereocenters. The molecule has 1 saturated carbocycles. The van der Waals surface area contributed by atoms with Crippen molar-refractivity contribution in [2.75, 3.05) is 26.0 Å². The van der Waals surface area contributed by atoms with Crippen LogP contribution in [-0.2, 0) is 16.1 Å². The Bertz CT molecular complexity index is 1770. The topological polar surface area (TPSA) is 139 Å². The average molecular weight is 647 g/mol. The van der Waals surface area contributed by atoms with E-state index < -0.39 is 6.04 Å². The molecule has 1 unspecified atom stereocenters. The van der Waals surface area contributed by atoms with E-state index in [0.29, 0.717) is 44.8 Å². The van der Waals surface area contributed by atoms with Crippen LogP contribution in [0.25, 0.3) is 22.2 Å². The van der Waals surface area contributed by atoms with Crippen molar-refractivity contribution in [3.8, 4) is 11.3 Å². The number of nitrogens with zero attached hydrogens (tertiary/aromatic N) is 8. The number of nitrogens with one attached hydrogen (secondary N) is 1. The summed E-state index contributed by atoms with van der Waals surface area (Å²) >= 11 is 3.37. The van der Waals surface area contributed by atoms with Gasteiger partial charge in [-0.25, -0.2) is 15.0 Å². The molecule has 1 aliphatic heterocycles. The van der Waals surface area contributed by atoms with E-state index in [1.54, 1.807) is 36.5 Å². The summed E-state index contributed by atoms with van der Waals surface area (Å²) in [6, 6.07) is 4.74. The number of pyridine rings is 2. The second kappa shape index (κ2) is 10.9. The SMILES string of the molecule is CC(=O)c1nn(CC(=O)N2C3C[C@]3(CN(C)C)C[C@H]2C(=O)Nc2nc(Br)ccc2C)c2cnc(-c3cnc(C)nc3)cc12. The summed E-state index contributed by atoms with van der Waals surface area (Å²) in [7, 11) is 4.00. The first-order valence-corrected chi connectivity index (χ1v) is 14.8. The van der Waals surface area contributed by atoms with E-state index >= 15 is 0 Å². The zero-order valence-corrected chi connectivity index (χ0v) is 26.2. The molecule has 0 spiro atoms. The van der Waals surface area contributed by atoms with Crippen molar-refractivity contribution in [3.63, 3.8) is 0 Å². The van der Waals surface area contributed by atoms with Gasteiger partial charge in [-0.15, -0.1) is 0 Å². The zero-order valence-electron chi connectivity index (χ0n) is 24.6. The van der Waals surface area contributed by atoms with Crippen LogP contribution in [0, 0.1) is 19.3 Å². The van der Waals surface area contributed by atoms with Gasteiger partial charge in [-0.05, 0) is 74.4 Å². The maximum absolute atomic E-state index is 14.0. The van der Waals surface area contributed by atoms with Crippen molar-refractivity contribution >= 4 is 50.2 Å². The highest BCUT2D eigenvalue weighted by molar-refractivity contribution is 9.10. The Morgan fingerprint density at radius 1 is 1.09 bits per heavy atom. The lowest BCUT2D eigenvalue weighted by molar-refractivity contribution is -0.138. The number of ketones is 1. The van der Waals surface area contributed by atoms with E-state index in [9.17, 15) is 14.4 Å². The standard InChI is InChI=1S/C30H32BrN9O3/c1-16-6-7-25(31)35-28(16)36-29(43)22-9-30(15-38(4)5)10-24(30)40(22)26(42)14-39-23-13-34-21(19-11-32-18(3)33-12-19)8-20(23)27(37-39)17(2)41/h6-8,11-13,22,24H,9-10,14-15H2,1-5H3,(H,35,36,43)/t22-,24?,30-/m0/s1. The highest BCUT2D eigenvalue weighted by Gasteiger charge is 2.67. The Kier molecular flexibility index (Phi) is 7.33. The lowest BCUT2D eigenvalue weighted by atomic mass is 9.98. The van der Waals surface area contributed by atoms with Crippen molar-refractivity contribution in [2.45, 2.75) is 52.2 Å². The first-order chi connectivity index (χ1) is 20.5. The monoisotopic (exact) mass is 645 g/mol. The molecule has 4 aromatic heterocycles. The molecule has 2 aliphatic rings. The van der Waals surface area contributed by atoms with E-state index in [4.69, 9.17) is 0 Å². The Morgan fingerprint density at radius 3 is 2.53 bits per heavy atom. The van der Waals surface area contributed by atoms with E-state index in [1.807, 2.05) is 33.2 Å². The van der Waals surface area contributed by atoms with E-state index in [1.165, 1.54) is 11.6 Å². The van der Waals surface area contributed by atoms with E-state index in [0.717, 1.165) is 18.5 Å². The molecule has 6 rings (SSSR count). The van der Waals surface area contributed by atoms with Gasteiger partial charge in [0.15, 0.2) is 5.78 Å². The van der Waals surface area contributed by atoms with Gasteiger partial charge in [0.1, 0.15) is 34.5 Å². The molecule has 1 N–H and O–H groups in total. The van der Waals surface area contributed by atoms with Crippen molar-refractivity contribution < 1.29 is 14.4 Å². The number of aryl methyl sites for hydroxylation is 2. The zero-order chi connectivity index (χ0) is 30.6. The molecule has 13 heteroatoms. The number of anilines is 1.